The first-order valence-electron chi connectivity index (χ1n) is 8.70. The molecular formula is C21H17N5O2. The van der Waals surface area contributed by atoms with Gasteiger partial charge in [-0.2, -0.15) is 0 Å². The molecule has 0 bridgehead atoms. The zero-order valence-electron chi connectivity index (χ0n) is 14.9. The molecule has 0 aliphatic heterocycles. The molecule has 28 heavy (non-hydrogen) atoms. The fourth-order valence-corrected chi connectivity index (χ4v) is 2.69. The smallest absolute Gasteiger partial charge is 0.259 e. The van der Waals surface area contributed by atoms with Crippen LogP contribution in [0.15, 0.2) is 85.2 Å². The number of nitrogens with one attached hydrogen (secondary N) is 1. The minimum atomic E-state index is -0.237. The van der Waals surface area contributed by atoms with Crippen LogP contribution in [0.2, 0.25) is 0 Å². The first-order valence-corrected chi connectivity index (χ1v) is 8.70. The fourth-order valence-electron chi connectivity index (χ4n) is 2.69. The van der Waals surface area contributed by atoms with Crippen molar-refractivity contribution >= 4 is 11.6 Å². The first-order chi connectivity index (χ1) is 13.8. The molecule has 0 spiro atoms. The van der Waals surface area contributed by atoms with E-state index in [1.807, 2.05) is 54.6 Å². The van der Waals surface area contributed by atoms with E-state index in [-0.39, 0.29) is 5.91 Å². The molecule has 4 aromatic rings. The summed E-state index contributed by atoms with van der Waals surface area (Å²) in [6, 6.07) is 24.2. The van der Waals surface area contributed by atoms with E-state index in [0.717, 1.165) is 11.3 Å². The van der Waals surface area contributed by atoms with Crippen LogP contribution in [0.4, 0.5) is 5.69 Å². The number of benzene rings is 3. The molecule has 1 amide bonds. The Morgan fingerprint density at radius 3 is 2.43 bits per heavy atom. The number of ether oxygens (including phenoxy) is 1. The molecule has 0 atom stereocenters. The molecule has 3 aromatic carbocycles. The van der Waals surface area contributed by atoms with Crippen LogP contribution < -0.4 is 10.1 Å². The fraction of sp³-hybridized carbons (Fsp3) is 0.0476. The first kappa shape index (κ1) is 17.4. The number of hydrogen-bond acceptors (Lipinski definition) is 5. The summed E-state index contributed by atoms with van der Waals surface area (Å²) < 4.78 is 7.40. The van der Waals surface area contributed by atoms with Gasteiger partial charge in [0.25, 0.3) is 5.91 Å². The maximum atomic E-state index is 12.7. The summed E-state index contributed by atoms with van der Waals surface area (Å²) in [6.07, 6.45) is 1.51. The maximum Gasteiger partial charge on any atom is 0.259 e. The van der Waals surface area contributed by atoms with Gasteiger partial charge in [-0.25, -0.2) is 4.68 Å². The van der Waals surface area contributed by atoms with Crippen molar-refractivity contribution in [1.29, 1.82) is 0 Å². The Morgan fingerprint density at radius 1 is 0.929 bits per heavy atom. The summed E-state index contributed by atoms with van der Waals surface area (Å²) in [4.78, 5) is 12.7. The number of para-hydroxylation sites is 1. The van der Waals surface area contributed by atoms with E-state index in [2.05, 4.69) is 20.8 Å². The molecule has 0 saturated carbocycles. The number of rotatable bonds is 6. The van der Waals surface area contributed by atoms with E-state index in [1.165, 1.54) is 6.33 Å². The van der Waals surface area contributed by atoms with Crippen molar-refractivity contribution in [3.8, 4) is 11.4 Å². The number of hydrogen-bond donors (Lipinski definition) is 1. The number of anilines is 1. The zero-order valence-corrected chi connectivity index (χ0v) is 14.9. The zero-order chi connectivity index (χ0) is 19.2. The Hall–Kier alpha value is -4.00. The topological polar surface area (TPSA) is 81.9 Å². The van der Waals surface area contributed by atoms with Crippen molar-refractivity contribution in [3.63, 3.8) is 0 Å². The Kier molecular flexibility index (Phi) is 5.06. The molecule has 0 unspecified atom stereocenters. The van der Waals surface area contributed by atoms with Crippen LogP contribution in [0.25, 0.3) is 5.69 Å². The summed E-state index contributed by atoms with van der Waals surface area (Å²) in [5, 5.41) is 13.9. The number of carbonyl (C=O) groups is 1. The van der Waals surface area contributed by atoms with Crippen LogP contribution in [0, 0.1) is 0 Å². The highest BCUT2D eigenvalue weighted by molar-refractivity contribution is 6.06. The van der Waals surface area contributed by atoms with Gasteiger partial charge in [0.2, 0.25) is 0 Å². The molecule has 7 heteroatoms. The molecule has 1 aromatic heterocycles. The summed E-state index contributed by atoms with van der Waals surface area (Å²) >= 11 is 0. The molecule has 0 saturated heterocycles. The average molecular weight is 371 g/mol. The monoisotopic (exact) mass is 371 g/mol. The molecule has 0 aliphatic rings. The molecule has 138 valence electrons. The van der Waals surface area contributed by atoms with E-state index in [9.17, 15) is 4.79 Å². The summed E-state index contributed by atoms with van der Waals surface area (Å²) in [5.41, 5.74) is 2.98. The van der Waals surface area contributed by atoms with Gasteiger partial charge in [-0.05, 0) is 52.4 Å². The third-order valence-corrected chi connectivity index (χ3v) is 4.11. The van der Waals surface area contributed by atoms with Crippen LogP contribution in [0.3, 0.4) is 0 Å². The van der Waals surface area contributed by atoms with Crippen LogP contribution in [0.5, 0.6) is 5.75 Å². The van der Waals surface area contributed by atoms with Crippen molar-refractivity contribution in [2.75, 3.05) is 5.32 Å². The van der Waals surface area contributed by atoms with Gasteiger partial charge < -0.3 is 10.1 Å². The second kappa shape index (κ2) is 8.13. The van der Waals surface area contributed by atoms with Crippen LogP contribution in [-0.2, 0) is 6.61 Å². The quantitative estimate of drug-likeness (QED) is 0.561. The lowest BCUT2D eigenvalue weighted by molar-refractivity contribution is 0.102. The highest BCUT2D eigenvalue weighted by Crippen LogP contribution is 2.21. The van der Waals surface area contributed by atoms with E-state index in [1.54, 1.807) is 28.9 Å². The number of tetrazole rings is 1. The average Bonchev–Trinajstić information content (AvgIpc) is 3.29. The Labute approximate surface area is 161 Å². The number of nitrogens with zero attached hydrogens (tertiary/aromatic N) is 4. The van der Waals surface area contributed by atoms with Gasteiger partial charge >= 0.3 is 0 Å². The number of carbonyl (C=O) groups excluding carboxylic acids is 1. The standard InChI is InChI=1S/C21H17N5O2/c27-21(23-17-10-12-18(13-11-17)26-15-22-24-25-26)19-8-4-5-9-20(19)28-14-16-6-2-1-3-7-16/h1-13,15H,14H2,(H,23,27). The molecular weight excluding hydrogens is 354 g/mol. The minimum Gasteiger partial charge on any atom is -0.488 e. The van der Waals surface area contributed by atoms with Crippen molar-refractivity contribution in [3.05, 3.63) is 96.3 Å². The lowest BCUT2D eigenvalue weighted by atomic mass is 10.1. The van der Waals surface area contributed by atoms with Crippen molar-refractivity contribution in [2.24, 2.45) is 0 Å². The largest absolute Gasteiger partial charge is 0.488 e. The molecule has 0 fully saturated rings. The molecule has 7 nitrogen and oxygen atoms in total. The van der Waals surface area contributed by atoms with Gasteiger partial charge in [0, 0.05) is 5.69 Å². The second-order valence-electron chi connectivity index (χ2n) is 6.03. The van der Waals surface area contributed by atoms with E-state index < -0.39 is 0 Å². The molecule has 0 aliphatic carbocycles. The Balaban J connectivity index is 1.46. The maximum absolute atomic E-state index is 12.7. The highest BCUT2D eigenvalue weighted by Gasteiger charge is 2.12. The van der Waals surface area contributed by atoms with Gasteiger partial charge in [0.1, 0.15) is 18.7 Å². The lowest BCUT2D eigenvalue weighted by Crippen LogP contribution is -2.13. The lowest BCUT2D eigenvalue weighted by Gasteiger charge is -2.12. The number of amides is 1. The number of aromatic nitrogens is 4. The molecule has 1 N–H and O–H groups in total. The van der Waals surface area contributed by atoms with Crippen LogP contribution in [0.1, 0.15) is 15.9 Å². The normalized spacial score (nSPS) is 10.4. The van der Waals surface area contributed by atoms with Gasteiger partial charge in [-0.15, -0.1) is 5.10 Å². The second-order valence-corrected chi connectivity index (χ2v) is 6.03. The summed E-state index contributed by atoms with van der Waals surface area (Å²) in [6.45, 7) is 0.395. The van der Waals surface area contributed by atoms with Gasteiger partial charge in [-0.3, -0.25) is 4.79 Å². The Morgan fingerprint density at radius 2 is 1.68 bits per heavy atom. The predicted octanol–water partition coefficient (Wildman–Crippen LogP) is 3.49. The molecule has 4 rings (SSSR count). The highest BCUT2D eigenvalue weighted by atomic mass is 16.5. The predicted molar refractivity (Wildman–Crippen MR) is 104 cm³/mol. The summed E-state index contributed by atoms with van der Waals surface area (Å²) in [5.74, 6) is 0.299. The van der Waals surface area contributed by atoms with Gasteiger partial charge in [-0.1, -0.05) is 42.5 Å². The third kappa shape index (κ3) is 4.04. The van der Waals surface area contributed by atoms with Crippen molar-refractivity contribution in [2.45, 2.75) is 6.61 Å². The molecule has 1 heterocycles. The third-order valence-electron chi connectivity index (χ3n) is 4.11. The van der Waals surface area contributed by atoms with Crippen molar-refractivity contribution < 1.29 is 9.53 Å². The Bertz CT molecular complexity index is 1050. The van der Waals surface area contributed by atoms with Gasteiger partial charge in [0.05, 0.1) is 11.3 Å². The van der Waals surface area contributed by atoms with E-state index >= 15 is 0 Å². The van der Waals surface area contributed by atoms with Crippen molar-refractivity contribution in [1.82, 2.24) is 20.2 Å². The van der Waals surface area contributed by atoms with E-state index in [4.69, 9.17) is 4.74 Å². The summed E-state index contributed by atoms with van der Waals surface area (Å²) in [7, 11) is 0. The van der Waals surface area contributed by atoms with Crippen LogP contribution in [-0.4, -0.2) is 26.1 Å². The minimum absolute atomic E-state index is 0.237. The van der Waals surface area contributed by atoms with Crippen LogP contribution >= 0.6 is 0 Å². The SMILES string of the molecule is O=C(Nc1ccc(-n2cnnn2)cc1)c1ccccc1OCc1ccccc1. The molecule has 0 radical (unpaired) electrons. The van der Waals surface area contributed by atoms with Gasteiger partial charge in [0.15, 0.2) is 0 Å². The van der Waals surface area contributed by atoms with E-state index in [0.29, 0.717) is 23.6 Å².